The SMILES string of the molecule is COc1ccc(-c2cn(-c3ccc(OC)c(OC)c3)c(NC(=O)CN(CCN3CCOCC3)C(=O)CC(C)C)n2)cc1. The van der Waals surface area contributed by atoms with Crippen LogP contribution in [0, 0.1) is 5.92 Å². The fourth-order valence-corrected chi connectivity index (χ4v) is 4.74. The maximum absolute atomic E-state index is 13.4. The van der Waals surface area contributed by atoms with Gasteiger partial charge >= 0.3 is 0 Å². The summed E-state index contributed by atoms with van der Waals surface area (Å²) in [6.45, 7) is 8.04. The number of hydrogen-bond donors (Lipinski definition) is 1. The summed E-state index contributed by atoms with van der Waals surface area (Å²) in [5.74, 6) is 1.99. The van der Waals surface area contributed by atoms with Crippen LogP contribution in [0.1, 0.15) is 20.3 Å². The molecule has 1 aliphatic heterocycles. The highest BCUT2D eigenvalue weighted by atomic mass is 16.5. The van der Waals surface area contributed by atoms with Crippen LogP contribution in [-0.2, 0) is 14.3 Å². The lowest BCUT2D eigenvalue weighted by Gasteiger charge is -2.30. The van der Waals surface area contributed by atoms with Crippen molar-refractivity contribution in [3.8, 4) is 34.2 Å². The number of imidazole rings is 1. The average Bonchev–Trinajstić information content (AvgIpc) is 3.42. The van der Waals surface area contributed by atoms with Crippen LogP contribution in [0.15, 0.2) is 48.7 Å². The standard InChI is InChI=1S/C31H41N5O6/c1-22(2)18-30(38)35(13-12-34-14-16-42-17-15-34)21-29(37)33-31-32-26(23-6-9-25(39-3)10-7-23)20-36(31)24-8-11-27(40-4)28(19-24)41-5/h6-11,19-20,22H,12-18,21H2,1-5H3,(H,32,33,37). The third-order valence-corrected chi connectivity index (χ3v) is 7.05. The van der Waals surface area contributed by atoms with E-state index in [2.05, 4.69) is 10.2 Å². The third-order valence-electron chi connectivity index (χ3n) is 7.05. The molecule has 4 rings (SSSR count). The van der Waals surface area contributed by atoms with E-state index in [9.17, 15) is 9.59 Å². The smallest absolute Gasteiger partial charge is 0.246 e. The maximum Gasteiger partial charge on any atom is 0.246 e. The average molecular weight is 580 g/mol. The van der Waals surface area contributed by atoms with E-state index >= 15 is 0 Å². The van der Waals surface area contributed by atoms with Crippen molar-refractivity contribution >= 4 is 17.8 Å². The molecule has 0 aliphatic carbocycles. The Bertz CT molecular complexity index is 1330. The van der Waals surface area contributed by atoms with Gasteiger partial charge in [0.25, 0.3) is 0 Å². The highest BCUT2D eigenvalue weighted by Crippen LogP contribution is 2.32. The predicted molar refractivity (Wildman–Crippen MR) is 161 cm³/mol. The van der Waals surface area contributed by atoms with Crippen molar-refractivity contribution in [2.24, 2.45) is 5.92 Å². The zero-order chi connectivity index (χ0) is 30.1. The lowest BCUT2D eigenvalue weighted by atomic mass is 10.1. The molecular formula is C31H41N5O6. The van der Waals surface area contributed by atoms with Crippen LogP contribution in [0.2, 0.25) is 0 Å². The number of nitrogens with zero attached hydrogens (tertiary/aromatic N) is 4. The van der Waals surface area contributed by atoms with Crippen LogP contribution in [0.5, 0.6) is 17.2 Å². The van der Waals surface area contributed by atoms with Crippen molar-refractivity contribution in [3.63, 3.8) is 0 Å². The quantitative estimate of drug-likeness (QED) is 0.327. The molecule has 3 aromatic rings. The molecule has 0 atom stereocenters. The molecule has 1 aliphatic rings. The Labute approximate surface area is 247 Å². The van der Waals surface area contributed by atoms with Crippen LogP contribution in [-0.4, -0.2) is 98.4 Å². The van der Waals surface area contributed by atoms with Gasteiger partial charge in [-0.05, 0) is 42.3 Å². The molecule has 1 N–H and O–H groups in total. The van der Waals surface area contributed by atoms with E-state index in [0.29, 0.717) is 55.9 Å². The van der Waals surface area contributed by atoms with Crippen molar-refractivity contribution in [2.45, 2.75) is 20.3 Å². The van der Waals surface area contributed by atoms with E-state index in [4.69, 9.17) is 23.9 Å². The summed E-state index contributed by atoms with van der Waals surface area (Å²) in [5, 5.41) is 2.95. The van der Waals surface area contributed by atoms with Crippen molar-refractivity contribution < 1.29 is 28.5 Å². The molecule has 0 spiro atoms. The summed E-state index contributed by atoms with van der Waals surface area (Å²) >= 11 is 0. The summed E-state index contributed by atoms with van der Waals surface area (Å²) in [6.07, 6.45) is 2.22. The van der Waals surface area contributed by atoms with Gasteiger partial charge < -0.3 is 23.8 Å². The maximum atomic E-state index is 13.4. The zero-order valence-corrected chi connectivity index (χ0v) is 25.1. The van der Waals surface area contributed by atoms with Crippen LogP contribution in [0.4, 0.5) is 5.95 Å². The number of nitrogens with one attached hydrogen (secondary N) is 1. The Hall–Kier alpha value is -4.09. The molecule has 2 amide bonds. The van der Waals surface area contributed by atoms with Gasteiger partial charge in [0.2, 0.25) is 17.8 Å². The molecule has 0 unspecified atom stereocenters. The van der Waals surface area contributed by atoms with Crippen LogP contribution >= 0.6 is 0 Å². The minimum absolute atomic E-state index is 0.0458. The van der Waals surface area contributed by atoms with E-state index in [1.807, 2.05) is 56.4 Å². The third kappa shape index (κ3) is 8.01. The van der Waals surface area contributed by atoms with Gasteiger partial charge in [-0.25, -0.2) is 4.98 Å². The Morgan fingerprint density at radius 2 is 1.71 bits per heavy atom. The number of hydrogen-bond acceptors (Lipinski definition) is 8. The molecule has 1 aromatic heterocycles. The first kappa shape index (κ1) is 30.9. The Morgan fingerprint density at radius 3 is 2.36 bits per heavy atom. The first-order valence-corrected chi connectivity index (χ1v) is 14.1. The summed E-state index contributed by atoms with van der Waals surface area (Å²) in [6, 6.07) is 13.0. The molecule has 1 fully saturated rings. The summed E-state index contributed by atoms with van der Waals surface area (Å²) < 4.78 is 23.4. The molecule has 1 saturated heterocycles. The molecule has 2 heterocycles. The van der Waals surface area contributed by atoms with Crippen LogP contribution in [0.25, 0.3) is 16.9 Å². The van der Waals surface area contributed by atoms with Crippen molar-refractivity contribution in [3.05, 3.63) is 48.7 Å². The normalized spacial score (nSPS) is 13.6. The minimum Gasteiger partial charge on any atom is -0.497 e. The molecule has 0 saturated carbocycles. The summed E-state index contributed by atoms with van der Waals surface area (Å²) in [5.41, 5.74) is 2.22. The number of aromatic nitrogens is 2. The van der Waals surface area contributed by atoms with Gasteiger partial charge in [0.15, 0.2) is 11.5 Å². The van der Waals surface area contributed by atoms with Crippen LogP contribution in [0.3, 0.4) is 0 Å². The second kappa shape index (κ2) is 14.7. The number of rotatable bonds is 13. The zero-order valence-electron chi connectivity index (χ0n) is 25.1. The largest absolute Gasteiger partial charge is 0.497 e. The highest BCUT2D eigenvalue weighted by molar-refractivity contribution is 5.94. The van der Waals surface area contributed by atoms with Gasteiger partial charge in [0.1, 0.15) is 5.75 Å². The molecule has 11 heteroatoms. The molecule has 11 nitrogen and oxygen atoms in total. The van der Waals surface area contributed by atoms with E-state index in [0.717, 1.165) is 30.1 Å². The van der Waals surface area contributed by atoms with Crippen molar-refractivity contribution in [1.82, 2.24) is 19.4 Å². The fourth-order valence-electron chi connectivity index (χ4n) is 4.74. The Morgan fingerprint density at radius 1 is 1.00 bits per heavy atom. The predicted octanol–water partition coefficient (Wildman–Crippen LogP) is 3.71. The Balaban J connectivity index is 1.60. The van der Waals surface area contributed by atoms with Crippen LogP contribution < -0.4 is 19.5 Å². The number of amides is 2. The summed E-state index contributed by atoms with van der Waals surface area (Å²) in [4.78, 5) is 35.2. The monoisotopic (exact) mass is 579 g/mol. The van der Waals surface area contributed by atoms with Crippen molar-refractivity contribution in [2.75, 3.05) is 72.6 Å². The lowest BCUT2D eigenvalue weighted by molar-refractivity contribution is -0.135. The Kier molecular flexibility index (Phi) is 10.8. The van der Waals surface area contributed by atoms with Crippen molar-refractivity contribution in [1.29, 1.82) is 0 Å². The minimum atomic E-state index is -0.331. The number of ether oxygens (including phenoxy) is 4. The van der Waals surface area contributed by atoms with E-state index in [1.165, 1.54) is 0 Å². The first-order chi connectivity index (χ1) is 20.3. The molecule has 42 heavy (non-hydrogen) atoms. The second-order valence-electron chi connectivity index (χ2n) is 10.5. The van der Waals surface area contributed by atoms with Gasteiger partial charge in [-0.15, -0.1) is 0 Å². The van der Waals surface area contributed by atoms with Gasteiger partial charge in [-0.2, -0.15) is 0 Å². The van der Waals surface area contributed by atoms with Gasteiger partial charge in [-0.1, -0.05) is 13.8 Å². The molecule has 0 radical (unpaired) electrons. The second-order valence-corrected chi connectivity index (χ2v) is 10.5. The number of methoxy groups -OCH3 is 3. The fraction of sp³-hybridized carbons (Fsp3) is 0.452. The summed E-state index contributed by atoms with van der Waals surface area (Å²) in [7, 11) is 4.76. The molecule has 0 bridgehead atoms. The number of morpholine rings is 1. The lowest BCUT2D eigenvalue weighted by Crippen LogP contribution is -2.45. The van der Waals surface area contributed by atoms with E-state index < -0.39 is 0 Å². The van der Waals surface area contributed by atoms with Gasteiger partial charge in [0, 0.05) is 50.4 Å². The van der Waals surface area contributed by atoms with E-state index in [-0.39, 0.29) is 24.3 Å². The molecular weight excluding hydrogens is 538 g/mol. The van der Waals surface area contributed by atoms with E-state index in [1.54, 1.807) is 36.9 Å². The first-order valence-electron chi connectivity index (χ1n) is 14.1. The van der Waals surface area contributed by atoms with Gasteiger partial charge in [0.05, 0.1) is 52.5 Å². The molecule has 226 valence electrons. The number of carbonyl (C=O) groups is 2. The molecule has 2 aromatic carbocycles. The van der Waals surface area contributed by atoms with Gasteiger partial charge in [-0.3, -0.25) is 24.4 Å². The highest BCUT2D eigenvalue weighted by Gasteiger charge is 2.22. The number of benzene rings is 2. The topological polar surface area (TPSA) is 107 Å². The number of anilines is 1. The number of carbonyl (C=O) groups excluding carboxylic acids is 2.